The summed E-state index contributed by atoms with van der Waals surface area (Å²) in [5.74, 6) is 0.0278. The number of carbonyl (C=O) groups is 2. The highest BCUT2D eigenvalue weighted by Gasteiger charge is 2.36. The third-order valence-corrected chi connectivity index (χ3v) is 4.60. The van der Waals surface area contributed by atoms with Crippen molar-refractivity contribution < 1.29 is 14.3 Å². The van der Waals surface area contributed by atoms with E-state index in [0.29, 0.717) is 39.4 Å². The fourth-order valence-corrected chi connectivity index (χ4v) is 2.99. The van der Waals surface area contributed by atoms with Gasteiger partial charge in [0.1, 0.15) is 0 Å². The summed E-state index contributed by atoms with van der Waals surface area (Å²) in [7, 11) is 0. The van der Waals surface area contributed by atoms with Crippen LogP contribution in [0.4, 0.5) is 0 Å². The molecule has 2 heterocycles. The van der Waals surface area contributed by atoms with Gasteiger partial charge in [0.15, 0.2) is 0 Å². The van der Waals surface area contributed by atoms with Gasteiger partial charge in [-0.25, -0.2) is 0 Å². The summed E-state index contributed by atoms with van der Waals surface area (Å²) in [5, 5.41) is 0. The second kappa shape index (κ2) is 8.31. The van der Waals surface area contributed by atoms with E-state index in [9.17, 15) is 9.59 Å². The van der Waals surface area contributed by atoms with E-state index in [1.807, 2.05) is 25.7 Å². The summed E-state index contributed by atoms with van der Waals surface area (Å²) in [6.45, 7) is 9.64. The highest BCUT2D eigenvalue weighted by atomic mass is 35.5. The number of piperidine rings is 1. The molecule has 0 aliphatic carbocycles. The van der Waals surface area contributed by atoms with Crippen molar-refractivity contribution in [1.29, 1.82) is 0 Å². The zero-order valence-electron chi connectivity index (χ0n) is 14.4. The average Bonchev–Trinajstić information content (AvgIpc) is 2.53. The van der Waals surface area contributed by atoms with Crippen LogP contribution < -0.4 is 5.73 Å². The number of carbonyl (C=O) groups excluding carboxylic acids is 2. The molecule has 2 aliphatic heterocycles. The number of likely N-dealkylation sites (tertiary alicyclic amines) is 1. The lowest BCUT2D eigenvalue weighted by atomic mass is 9.85. The lowest BCUT2D eigenvalue weighted by Crippen LogP contribution is -2.55. The minimum atomic E-state index is -0.523. The van der Waals surface area contributed by atoms with Crippen LogP contribution in [0, 0.1) is 11.3 Å². The van der Waals surface area contributed by atoms with Crippen molar-refractivity contribution in [2.24, 2.45) is 17.1 Å². The third kappa shape index (κ3) is 5.06. The molecule has 2 saturated heterocycles. The first-order chi connectivity index (χ1) is 10.3. The number of nitrogens with zero attached hydrogens (tertiary/aromatic N) is 2. The van der Waals surface area contributed by atoms with Gasteiger partial charge in [0.25, 0.3) is 0 Å². The van der Waals surface area contributed by atoms with Gasteiger partial charge in [-0.15, -0.1) is 12.4 Å². The minimum Gasteiger partial charge on any atom is -0.378 e. The molecule has 6 nitrogen and oxygen atoms in total. The maximum Gasteiger partial charge on any atom is 0.240 e. The van der Waals surface area contributed by atoms with Gasteiger partial charge in [0.05, 0.1) is 25.2 Å². The second-order valence-corrected chi connectivity index (χ2v) is 7.40. The van der Waals surface area contributed by atoms with Gasteiger partial charge in [-0.05, 0) is 18.3 Å². The van der Waals surface area contributed by atoms with Crippen molar-refractivity contribution in [3.8, 4) is 0 Å². The lowest BCUT2D eigenvalue weighted by Gasteiger charge is -2.38. The summed E-state index contributed by atoms with van der Waals surface area (Å²) in [4.78, 5) is 28.8. The Balaban J connectivity index is 0.00000264. The van der Waals surface area contributed by atoms with Crippen molar-refractivity contribution in [3.63, 3.8) is 0 Å². The van der Waals surface area contributed by atoms with E-state index in [0.717, 1.165) is 12.8 Å². The number of ether oxygens (including phenoxy) is 1. The third-order valence-electron chi connectivity index (χ3n) is 4.60. The number of halogens is 1. The molecule has 2 amide bonds. The van der Waals surface area contributed by atoms with Crippen LogP contribution in [0.1, 0.15) is 33.6 Å². The summed E-state index contributed by atoms with van der Waals surface area (Å²) in [6, 6.07) is -0.523. The molecule has 0 saturated carbocycles. The fourth-order valence-electron chi connectivity index (χ4n) is 2.99. The highest BCUT2D eigenvalue weighted by molar-refractivity contribution is 5.85. The number of hydrogen-bond donors (Lipinski definition) is 1. The molecule has 0 bridgehead atoms. The maximum atomic E-state index is 12.6. The molecule has 0 aromatic heterocycles. The predicted molar refractivity (Wildman–Crippen MR) is 91.4 cm³/mol. The fraction of sp³-hybridized carbons (Fsp3) is 0.875. The van der Waals surface area contributed by atoms with Gasteiger partial charge in [0, 0.05) is 26.2 Å². The summed E-state index contributed by atoms with van der Waals surface area (Å²) in [6.07, 6.45) is 1.72. The lowest BCUT2D eigenvalue weighted by molar-refractivity contribution is -0.145. The Kier molecular flexibility index (Phi) is 7.29. The normalized spacial score (nSPS) is 23.9. The Morgan fingerprint density at radius 1 is 1.13 bits per heavy atom. The standard InChI is InChI=1S/C16H29N3O3.ClH/c1-16(2,3)13(17)15(21)19-6-4-5-12(11-19)14(20)18-7-9-22-10-8-18;/h12-13H,4-11,17H2,1-3H3;1H/t12?,13-;/m1./s1. The molecule has 1 unspecified atom stereocenters. The largest absolute Gasteiger partial charge is 0.378 e. The Hall–Kier alpha value is -0.850. The first-order valence-corrected chi connectivity index (χ1v) is 8.21. The zero-order valence-corrected chi connectivity index (χ0v) is 15.2. The molecule has 0 radical (unpaired) electrons. The summed E-state index contributed by atoms with van der Waals surface area (Å²) < 4.78 is 5.29. The van der Waals surface area contributed by atoms with Crippen molar-refractivity contribution in [2.45, 2.75) is 39.7 Å². The van der Waals surface area contributed by atoms with Crippen LogP contribution in [0.25, 0.3) is 0 Å². The quantitative estimate of drug-likeness (QED) is 0.804. The average molecular weight is 348 g/mol. The van der Waals surface area contributed by atoms with Crippen LogP contribution in [-0.2, 0) is 14.3 Å². The van der Waals surface area contributed by atoms with E-state index >= 15 is 0 Å². The van der Waals surface area contributed by atoms with Gasteiger partial charge in [-0.1, -0.05) is 20.8 Å². The molecule has 134 valence electrons. The van der Waals surface area contributed by atoms with E-state index in [1.54, 1.807) is 4.90 Å². The molecule has 2 fully saturated rings. The molecule has 2 N–H and O–H groups in total. The smallest absolute Gasteiger partial charge is 0.240 e. The van der Waals surface area contributed by atoms with Crippen LogP contribution in [0.2, 0.25) is 0 Å². The number of amides is 2. The van der Waals surface area contributed by atoms with Crippen LogP contribution >= 0.6 is 12.4 Å². The molecular weight excluding hydrogens is 318 g/mol. The number of rotatable bonds is 2. The Morgan fingerprint density at radius 3 is 2.30 bits per heavy atom. The van der Waals surface area contributed by atoms with Crippen molar-refractivity contribution in [3.05, 3.63) is 0 Å². The van der Waals surface area contributed by atoms with E-state index in [1.165, 1.54) is 0 Å². The van der Waals surface area contributed by atoms with E-state index in [2.05, 4.69) is 0 Å². The highest BCUT2D eigenvalue weighted by Crippen LogP contribution is 2.24. The van der Waals surface area contributed by atoms with E-state index in [-0.39, 0.29) is 35.6 Å². The molecule has 23 heavy (non-hydrogen) atoms. The predicted octanol–water partition coefficient (Wildman–Crippen LogP) is 0.879. The van der Waals surface area contributed by atoms with Gasteiger partial charge in [0.2, 0.25) is 11.8 Å². The minimum absolute atomic E-state index is 0. The molecule has 0 spiro atoms. The number of morpholine rings is 1. The van der Waals surface area contributed by atoms with E-state index in [4.69, 9.17) is 10.5 Å². The zero-order chi connectivity index (χ0) is 16.3. The van der Waals surface area contributed by atoms with Crippen molar-refractivity contribution >= 4 is 24.2 Å². The maximum absolute atomic E-state index is 12.6. The van der Waals surface area contributed by atoms with E-state index < -0.39 is 6.04 Å². The van der Waals surface area contributed by atoms with Crippen molar-refractivity contribution in [1.82, 2.24) is 9.80 Å². The number of nitrogens with two attached hydrogens (primary N) is 1. The van der Waals surface area contributed by atoms with Gasteiger partial charge >= 0.3 is 0 Å². The first kappa shape index (κ1) is 20.2. The molecule has 2 aliphatic rings. The van der Waals surface area contributed by atoms with Crippen LogP contribution in [0.5, 0.6) is 0 Å². The number of hydrogen-bond acceptors (Lipinski definition) is 4. The van der Waals surface area contributed by atoms with Crippen LogP contribution in [-0.4, -0.2) is 67.0 Å². The van der Waals surface area contributed by atoms with Crippen LogP contribution in [0.15, 0.2) is 0 Å². The van der Waals surface area contributed by atoms with Crippen molar-refractivity contribution in [2.75, 3.05) is 39.4 Å². The van der Waals surface area contributed by atoms with Gasteiger partial charge in [-0.2, -0.15) is 0 Å². The summed E-state index contributed by atoms with van der Waals surface area (Å²) in [5.41, 5.74) is 5.82. The second-order valence-electron chi connectivity index (χ2n) is 7.40. The Morgan fingerprint density at radius 2 is 1.74 bits per heavy atom. The molecule has 2 rings (SSSR count). The Bertz CT molecular complexity index is 419. The molecular formula is C16H30ClN3O3. The van der Waals surface area contributed by atoms with Gasteiger partial charge < -0.3 is 20.3 Å². The SMILES string of the molecule is CC(C)(C)[C@H](N)C(=O)N1CCCC(C(=O)N2CCOCC2)C1.Cl. The molecule has 7 heteroatoms. The molecule has 2 atom stereocenters. The summed E-state index contributed by atoms with van der Waals surface area (Å²) >= 11 is 0. The Labute approximate surface area is 145 Å². The monoisotopic (exact) mass is 347 g/mol. The van der Waals surface area contributed by atoms with Crippen LogP contribution in [0.3, 0.4) is 0 Å². The molecule has 0 aromatic rings. The topological polar surface area (TPSA) is 75.9 Å². The van der Waals surface area contributed by atoms with Gasteiger partial charge in [-0.3, -0.25) is 9.59 Å². The molecule has 0 aromatic carbocycles. The first-order valence-electron chi connectivity index (χ1n) is 8.21.